The normalized spacial score (nSPS) is 11.8. The van der Waals surface area contributed by atoms with Gasteiger partial charge >= 0.3 is 0 Å². The lowest BCUT2D eigenvalue weighted by molar-refractivity contribution is 1.18. The van der Waals surface area contributed by atoms with Gasteiger partial charge in [-0.05, 0) is 89.0 Å². The molecule has 3 aromatic heterocycles. The summed E-state index contributed by atoms with van der Waals surface area (Å²) in [6, 6.07) is 57.1. The predicted molar refractivity (Wildman–Crippen MR) is 203 cm³/mol. The highest BCUT2D eigenvalue weighted by atomic mass is 32.1. The highest BCUT2D eigenvalue weighted by Gasteiger charge is 2.17. The molecule has 0 saturated carbocycles. The van der Waals surface area contributed by atoms with Crippen LogP contribution in [0.15, 0.2) is 158 Å². The van der Waals surface area contributed by atoms with Crippen molar-refractivity contribution in [3.8, 4) is 38.5 Å². The molecule has 0 amide bonds. The largest absolute Gasteiger partial charge is 0.309 e. The van der Waals surface area contributed by atoms with Gasteiger partial charge in [0.15, 0.2) is 0 Å². The fraction of sp³-hybridized carbons (Fsp3) is 0. The maximum absolute atomic E-state index is 5.11. The SMILES string of the molecule is c1ccc(-c2ccc3c(c2)c2cc(-c4ccccc4)ccc2n3-c2ccc(-c3nc4ccc5sc6ccccc6c5c4s3)cc2)cc1. The van der Waals surface area contributed by atoms with Crippen LogP contribution in [0.5, 0.6) is 0 Å². The van der Waals surface area contributed by atoms with Crippen molar-refractivity contribution < 1.29 is 0 Å². The molecule has 2 nitrogen and oxygen atoms in total. The van der Waals surface area contributed by atoms with Crippen LogP contribution < -0.4 is 0 Å². The Morgan fingerprint density at radius 1 is 0.426 bits per heavy atom. The van der Waals surface area contributed by atoms with Crippen molar-refractivity contribution in [1.29, 1.82) is 0 Å². The Labute approximate surface area is 279 Å². The van der Waals surface area contributed by atoms with Crippen LogP contribution in [-0.4, -0.2) is 9.55 Å². The second-order valence-electron chi connectivity index (χ2n) is 12.0. The smallest absolute Gasteiger partial charge is 0.124 e. The number of aromatic nitrogens is 2. The van der Waals surface area contributed by atoms with Crippen LogP contribution in [0.2, 0.25) is 0 Å². The van der Waals surface area contributed by atoms with Gasteiger partial charge in [-0.1, -0.05) is 91.0 Å². The van der Waals surface area contributed by atoms with Crippen molar-refractivity contribution in [1.82, 2.24) is 9.55 Å². The molecule has 10 aromatic rings. The third-order valence-electron chi connectivity index (χ3n) is 9.25. The van der Waals surface area contributed by atoms with Gasteiger partial charge in [-0.15, -0.1) is 22.7 Å². The number of hydrogen-bond donors (Lipinski definition) is 0. The number of thiazole rings is 1. The summed E-state index contributed by atoms with van der Waals surface area (Å²) in [6.45, 7) is 0. The molecule has 0 aliphatic heterocycles. The van der Waals surface area contributed by atoms with Crippen LogP contribution >= 0.6 is 22.7 Å². The molecule has 4 heteroatoms. The molecule has 47 heavy (non-hydrogen) atoms. The summed E-state index contributed by atoms with van der Waals surface area (Å²) in [6.07, 6.45) is 0. The number of rotatable bonds is 4. The number of thiophene rings is 1. The lowest BCUT2D eigenvalue weighted by Gasteiger charge is -2.09. The molecule has 0 saturated heterocycles. The van der Waals surface area contributed by atoms with E-state index in [2.05, 4.69) is 162 Å². The van der Waals surface area contributed by atoms with Gasteiger partial charge in [0.2, 0.25) is 0 Å². The Morgan fingerprint density at radius 2 is 1.02 bits per heavy atom. The van der Waals surface area contributed by atoms with Gasteiger partial charge in [0.1, 0.15) is 5.01 Å². The Hall–Kier alpha value is -5.55. The molecule has 0 aliphatic carbocycles. The van der Waals surface area contributed by atoms with Gasteiger partial charge in [-0.3, -0.25) is 0 Å². The second kappa shape index (κ2) is 10.5. The quantitative estimate of drug-likeness (QED) is 0.188. The Morgan fingerprint density at radius 3 is 1.68 bits per heavy atom. The average molecular weight is 635 g/mol. The van der Waals surface area contributed by atoms with Gasteiger partial charge in [-0.2, -0.15) is 0 Å². The summed E-state index contributed by atoms with van der Waals surface area (Å²) in [4.78, 5) is 5.11. The van der Waals surface area contributed by atoms with E-state index in [4.69, 9.17) is 4.98 Å². The number of hydrogen-bond acceptors (Lipinski definition) is 3. The molecular weight excluding hydrogens is 609 g/mol. The Kier molecular flexibility index (Phi) is 5.95. The fourth-order valence-electron chi connectivity index (χ4n) is 6.99. The molecule has 10 rings (SSSR count). The van der Waals surface area contributed by atoms with Crippen molar-refractivity contribution in [2.24, 2.45) is 0 Å². The molecule has 0 aliphatic rings. The molecule has 0 unspecified atom stereocenters. The van der Waals surface area contributed by atoms with Crippen LogP contribution in [0, 0.1) is 0 Å². The third kappa shape index (κ3) is 4.26. The van der Waals surface area contributed by atoms with E-state index < -0.39 is 0 Å². The van der Waals surface area contributed by atoms with Crippen molar-refractivity contribution in [3.05, 3.63) is 158 Å². The number of benzene rings is 7. The van der Waals surface area contributed by atoms with Gasteiger partial charge in [0, 0.05) is 42.2 Å². The van der Waals surface area contributed by atoms with E-state index in [9.17, 15) is 0 Å². The van der Waals surface area contributed by atoms with Gasteiger partial charge in [0.25, 0.3) is 0 Å². The van der Waals surface area contributed by atoms with E-state index in [0.717, 1.165) is 21.8 Å². The van der Waals surface area contributed by atoms with Crippen LogP contribution in [0.3, 0.4) is 0 Å². The molecule has 220 valence electrons. The van der Waals surface area contributed by atoms with Gasteiger partial charge < -0.3 is 4.57 Å². The summed E-state index contributed by atoms with van der Waals surface area (Å²) in [5.74, 6) is 0. The molecule has 0 spiro atoms. The van der Waals surface area contributed by atoms with Crippen molar-refractivity contribution in [2.45, 2.75) is 0 Å². The first-order valence-electron chi connectivity index (χ1n) is 15.8. The zero-order chi connectivity index (χ0) is 30.9. The third-order valence-corrected chi connectivity index (χ3v) is 11.5. The molecule has 0 radical (unpaired) electrons. The van der Waals surface area contributed by atoms with Crippen molar-refractivity contribution >= 4 is 74.9 Å². The summed E-state index contributed by atoms with van der Waals surface area (Å²) >= 11 is 3.65. The summed E-state index contributed by atoms with van der Waals surface area (Å²) in [5.41, 5.74) is 10.6. The average Bonchev–Trinajstić information content (AvgIpc) is 3.83. The van der Waals surface area contributed by atoms with Crippen LogP contribution in [0.4, 0.5) is 0 Å². The Bertz CT molecular complexity index is 2670. The Balaban J connectivity index is 1.12. The first kappa shape index (κ1) is 26.6. The maximum Gasteiger partial charge on any atom is 0.124 e. The number of fused-ring (bicyclic) bond motifs is 8. The highest BCUT2D eigenvalue weighted by Crippen LogP contribution is 2.43. The van der Waals surface area contributed by atoms with Gasteiger partial charge in [-0.25, -0.2) is 4.98 Å². The minimum atomic E-state index is 1.05. The van der Waals surface area contributed by atoms with Crippen molar-refractivity contribution in [2.75, 3.05) is 0 Å². The predicted octanol–water partition coefficient (Wildman–Crippen LogP) is 12.8. The van der Waals surface area contributed by atoms with E-state index >= 15 is 0 Å². The van der Waals surface area contributed by atoms with E-state index in [1.165, 1.54) is 68.9 Å². The van der Waals surface area contributed by atoms with Crippen LogP contribution in [-0.2, 0) is 0 Å². The fourth-order valence-corrected chi connectivity index (χ4v) is 9.30. The molecule has 3 heterocycles. The van der Waals surface area contributed by atoms with E-state index in [0.29, 0.717) is 0 Å². The summed E-state index contributed by atoms with van der Waals surface area (Å²) in [5, 5.41) is 6.21. The molecule has 0 atom stereocenters. The van der Waals surface area contributed by atoms with E-state index in [1.54, 1.807) is 11.3 Å². The molecule has 7 aromatic carbocycles. The second-order valence-corrected chi connectivity index (χ2v) is 14.1. The first-order valence-corrected chi connectivity index (χ1v) is 17.4. The monoisotopic (exact) mass is 634 g/mol. The van der Waals surface area contributed by atoms with Gasteiger partial charge in [0.05, 0.1) is 21.3 Å². The summed E-state index contributed by atoms with van der Waals surface area (Å²) < 4.78 is 6.32. The molecular formula is C43H26N2S2. The van der Waals surface area contributed by atoms with E-state index in [-0.39, 0.29) is 0 Å². The molecule has 0 bridgehead atoms. The lowest BCUT2D eigenvalue weighted by Crippen LogP contribution is -1.94. The van der Waals surface area contributed by atoms with E-state index in [1.807, 2.05) is 11.3 Å². The summed E-state index contributed by atoms with van der Waals surface area (Å²) in [7, 11) is 0. The lowest BCUT2D eigenvalue weighted by atomic mass is 10.0. The number of nitrogens with zero attached hydrogens (tertiary/aromatic N) is 2. The van der Waals surface area contributed by atoms with Crippen LogP contribution in [0.1, 0.15) is 0 Å². The zero-order valence-electron chi connectivity index (χ0n) is 25.2. The zero-order valence-corrected chi connectivity index (χ0v) is 26.9. The molecule has 0 N–H and O–H groups in total. The highest BCUT2D eigenvalue weighted by molar-refractivity contribution is 7.28. The van der Waals surface area contributed by atoms with Crippen molar-refractivity contribution in [3.63, 3.8) is 0 Å². The maximum atomic E-state index is 5.11. The minimum Gasteiger partial charge on any atom is -0.309 e. The molecule has 0 fully saturated rings. The first-order chi connectivity index (χ1) is 23.3. The van der Waals surface area contributed by atoms with Crippen LogP contribution in [0.25, 0.3) is 90.7 Å². The topological polar surface area (TPSA) is 17.8 Å². The standard InChI is InChI=1S/C43H26N2S2/c1-3-9-27(10-4-1)30-17-22-37-34(25-30)35-26-31(28-11-5-2-6-12-28)18-23-38(35)45(37)32-19-15-29(16-20-32)43-44-36-21-24-40-41(42(36)47-43)33-13-7-8-14-39(33)46-40/h1-26H. The minimum absolute atomic E-state index is 1.05.